The van der Waals surface area contributed by atoms with Gasteiger partial charge in [0.05, 0.1) is 7.11 Å². The van der Waals surface area contributed by atoms with Crippen LogP contribution in [0.3, 0.4) is 0 Å². The smallest absolute Gasteiger partial charge is 0.350 e. The van der Waals surface area contributed by atoms with Crippen molar-refractivity contribution in [3.63, 3.8) is 0 Å². The number of aromatic amines is 1. The number of aromatic nitrogens is 5. The molecule has 0 saturated heterocycles. The minimum Gasteiger partial charge on any atom is -0.497 e. The molecule has 1 atom stereocenters. The number of hydrogen-bond acceptors (Lipinski definition) is 7. The lowest BCUT2D eigenvalue weighted by molar-refractivity contribution is -0.134. The van der Waals surface area contributed by atoms with Crippen molar-refractivity contribution in [2.45, 2.75) is 19.3 Å². The van der Waals surface area contributed by atoms with Crippen molar-refractivity contribution in [3.8, 4) is 11.7 Å². The van der Waals surface area contributed by atoms with Crippen molar-refractivity contribution in [1.82, 2.24) is 24.7 Å². The molecule has 0 radical (unpaired) electrons. The maximum atomic E-state index is 12.6. The van der Waals surface area contributed by atoms with Gasteiger partial charge in [0.1, 0.15) is 17.4 Å². The Bertz CT molecular complexity index is 1340. The van der Waals surface area contributed by atoms with Crippen LogP contribution >= 0.6 is 0 Å². The van der Waals surface area contributed by atoms with Crippen molar-refractivity contribution in [2.75, 3.05) is 7.11 Å². The number of methoxy groups -OCH3 is 1. The maximum absolute atomic E-state index is 12.6. The van der Waals surface area contributed by atoms with Crippen LogP contribution in [0.5, 0.6) is 5.75 Å². The zero-order valence-corrected chi connectivity index (χ0v) is 19.2. The van der Waals surface area contributed by atoms with E-state index in [1.165, 1.54) is 0 Å². The van der Waals surface area contributed by atoms with E-state index in [0.29, 0.717) is 23.6 Å². The number of amidine groups is 1. The molecule has 0 aliphatic heterocycles. The Hall–Kier alpha value is -4.80. The first-order valence-corrected chi connectivity index (χ1v) is 10.5. The second-order valence-electron chi connectivity index (χ2n) is 7.44. The lowest BCUT2D eigenvalue weighted by Crippen LogP contribution is -2.18. The predicted octanol–water partition coefficient (Wildman–Crippen LogP) is 2.11. The molecule has 0 aliphatic carbocycles. The fourth-order valence-electron chi connectivity index (χ4n) is 3.32. The first-order chi connectivity index (χ1) is 16.8. The van der Waals surface area contributed by atoms with Crippen molar-refractivity contribution in [1.29, 1.82) is 5.41 Å². The summed E-state index contributed by atoms with van der Waals surface area (Å²) in [6.45, 7) is 1.08. The van der Waals surface area contributed by atoms with Crippen LogP contribution in [0.2, 0.25) is 0 Å². The lowest BCUT2D eigenvalue weighted by atomic mass is 9.91. The number of ether oxygens (including phenoxy) is 1. The van der Waals surface area contributed by atoms with Crippen LogP contribution in [0, 0.1) is 5.41 Å². The van der Waals surface area contributed by atoms with E-state index in [1.807, 2.05) is 36.4 Å². The van der Waals surface area contributed by atoms with Gasteiger partial charge >= 0.3 is 5.69 Å². The van der Waals surface area contributed by atoms with Gasteiger partial charge in [-0.1, -0.05) is 36.4 Å². The quantitative estimate of drug-likeness (QED) is 0.232. The van der Waals surface area contributed by atoms with E-state index in [2.05, 4.69) is 20.1 Å². The number of carboxylic acid groups (broad SMARTS) is 1. The lowest BCUT2D eigenvalue weighted by Gasteiger charge is -2.16. The number of nitrogen functional groups attached to an aromatic ring is 1. The Kier molecular flexibility index (Phi) is 8.06. The summed E-state index contributed by atoms with van der Waals surface area (Å²) in [5, 5.41) is 19.5. The largest absolute Gasteiger partial charge is 0.497 e. The average Bonchev–Trinajstić information content (AvgIpc) is 3.24. The number of carboxylic acids is 1. The molecule has 2 aromatic heterocycles. The molecule has 5 N–H and O–H groups in total. The van der Waals surface area contributed by atoms with Gasteiger partial charge in [-0.2, -0.15) is 0 Å². The molecule has 11 nitrogen and oxygen atoms in total. The summed E-state index contributed by atoms with van der Waals surface area (Å²) in [4.78, 5) is 32.6. The van der Waals surface area contributed by atoms with E-state index in [9.17, 15) is 4.79 Å². The number of rotatable bonds is 7. The van der Waals surface area contributed by atoms with Crippen LogP contribution in [-0.2, 0) is 11.2 Å². The van der Waals surface area contributed by atoms with E-state index >= 15 is 0 Å². The van der Waals surface area contributed by atoms with Crippen LogP contribution in [0.4, 0.5) is 0 Å². The Labute approximate surface area is 200 Å². The van der Waals surface area contributed by atoms with Crippen molar-refractivity contribution >= 4 is 11.8 Å². The second-order valence-corrected chi connectivity index (χ2v) is 7.44. The van der Waals surface area contributed by atoms with Crippen molar-refractivity contribution in [2.24, 2.45) is 5.73 Å². The van der Waals surface area contributed by atoms with Crippen molar-refractivity contribution in [3.05, 3.63) is 100.0 Å². The van der Waals surface area contributed by atoms with E-state index < -0.39 is 11.7 Å². The molecule has 0 amide bonds. The van der Waals surface area contributed by atoms with Gasteiger partial charge in [0.15, 0.2) is 0 Å². The minimum absolute atomic E-state index is 0.0156. The van der Waals surface area contributed by atoms with Gasteiger partial charge in [-0.3, -0.25) is 15.2 Å². The van der Waals surface area contributed by atoms with Crippen molar-refractivity contribution < 1.29 is 14.6 Å². The highest BCUT2D eigenvalue weighted by Crippen LogP contribution is 2.28. The SMILES string of the molecule is CC(=O)O.COc1cccc(C(Cc2ccc(C(=N)N)cc2)c2nn(-c3ncccn3)c(=O)[nH]2)c1. The number of nitrogens with one attached hydrogen (secondary N) is 2. The van der Waals surface area contributed by atoms with Gasteiger partial charge in [-0.15, -0.1) is 9.78 Å². The molecule has 4 rings (SSSR count). The van der Waals surface area contributed by atoms with Gasteiger partial charge in [-0.25, -0.2) is 14.8 Å². The summed E-state index contributed by atoms with van der Waals surface area (Å²) >= 11 is 0. The van der Waals surface area contributed by atoms with E-state index in [-0.39, 0.29) is 17.7 Å². The molecule has 2 heterocycles. The highest BCUT2D eigenvalue weighted by molar-refractivity contribution is 5.94. The fraction of sp³-hybridized carbons (Fsp3) is 0.167. The van der Waals surface area contributed by atoms with Gasteiger partial charge in [0.2, 0.25) is 0 Å². The monoisotopic (exact) mass is 475 g/mol. The van der Waals surface area contributed by atoms with Gasteiger partial charge < -0.3 is 15.6 Å². The molecule has 0 spiro atoms. The summed E-state index contributed by atoms with van der Waals surface area (Å²) in [7, 11) is 1.61. The summed E-state index contributed by atoms with van der Waals surface area (Å²) in [6.07, 6.45) is 3.67. The third-order valence-electron chi connectivity index (χ3n) is 4.91. The third-order valence-corrected chi connectivity index (χ3v) is 4.91. The molecule has 4 aromatic rings. The molecule has 35 heavy (non-hydrogen) atoms. The Morgan fingerprint density at radius 2 is 1.83 bits per heavy atom. The molecule has 0 fully saturated rings. The Morgan fingerprint density at radius 3 is 2.43 bits per heavy atom. The van der Waals surface area contributed by atoms with Gasteiger partial charge in [-0.05, 0) is 35.7 Å². The zero-order chi connectivity index (χ0) is 25.4. The number of H-pyrrole nitrogens is 1. The molecule has 11 heteroatoms. The fourth-order valence-corrected chi connectivity index (χ4v) is 3.32. The number of carbonyl (C=O) groups is 1. The van der Waals surface area contributed by atoms with Crippen LogP contribution in [0.1, 0.15) is 35.4 Å². The normalized spacial score (nSPS) is 11.1. The third kappa shape index (κ3) is 6.60. The molecule has 0 saturated carbocycles. The van der Waals surface area contributed by atoms with E-state index in [1.54, 1.807) is 37.7 Å². The molecule has 2 aromatic carbocycles. The molecule has 180 valence electrons. The highest BCUT2D eigenvalue weighted by Gasteiger charge is 2.22. The zero-order valence-electron chi connectivity index (χ0n) is 19.2. The summed E-state index contributed by atoms with van der Waals surface area (Å²) in [6, 6.07) is 16.8. The summed E-state index contributed by atoms with van der Waals surface area (Å²) in [5.74, 6) is 0.326. The summed E-state index contributed by atoms with van der Waals surface area (Å²) in [5.41, 5.74) is 7.74. The van der Waals surface area contributed by atoms with Crippen LogP contribution in [-0.4, -0.2) is 48.8 Å². The van der Waals surface area contributed by atoms with Gasteiger partial charge in [0.25, 0.3) is 11.9 Å². The van der Waals surface area contributed by atoms with Crippen LogP contribution in [0.25, 0.3) is 5.95 Å². The number of nitrogens with two attached hydrogens (primary N) is 1. The predicted molar refractivity (Wildman–Crippen MR) is 129 cm³/mol. The molecule has 0 aliphatic rings. The number of aliphatic carboxylic acids is 1. The number of hydrogen-bond donors (Lipinski definition) is 4. The molecular weight excluding hydrogens is 450 g/mol. The Balaban J connectivity index is 0.000000795. The molecular formula is C24H25N7O4. The average molecular weight is 476 g/mol. The topological polar surface area (TPSA) is 173 Å². The standard InChI is InChI=1S/C22H21N7O2.C2H4O2/c1-31-17-5-2-4-16(13-17)18(12-14-6-8-15(9-7-14)19(23)24)20-27-22(30)29(28-20)21-25-10-3-11-26-21;1-2(3)4/h2-11,13,18H,12H2,1H3,(H3,23,24)(H,27,28,30);1H3,(H,3,4). The van der Waals surface area contributed by atoms with E-state index in [0.717, 1.165) is 22.7 Å². The number of nitrogens with zero attached hydrogens (tertiary/aromatic N) is 4. The molecule has 1 unspecified atom stereocenters. The number of benzene rings is 2. The second kappa shape index (κ2) is 11.4. The maximum Gasteiger partial charge on any atom is 0.350 e. The Morgan fingerprint density at radius 1 is 1.17 bits per heavy atom. The molecule has 0 bridgehead atoms. The van der Waals surface area contributed by atoms with E-state index in [4.69, 9.17) is 25.8 Å². The first-order valence-electron chi connectivity index (χ1n) is 10.5. The highest BCUT2D eigenvalue weighted by atomic mass is 16.5. The van der Waals surface area contributed by atoms with Crippen LogP contribution in [0.15, 0.2) is 71.8 Å². The minimum atomic E-state index is -0.833. The first kappa shape index (κ1) is 24.8. The van der Waals surface area contributed by atoms with Gasteiger partial charge in [0, 0.05) is 30.8 Å². The van der Waals surface area contributed by atoms with Crippen LogP contribution < -0.4 is 16.2 Å². The summed E-state index contributed by atoms with van der Waals surface area (Å²) < 4.78 is 6.53.